The summed E-state index contributed by atoms with van der Waals surface area (Å²) in [5, 5.41) is 3.03. The van der Waals surface area contributed by atoms with E-state index >= 15 is 0 Å². The second-order valence-corrected chi connectivity index (χ2v) is 8.67. The average molecular weight is 423 g/mol. The number of hydrogen-bond acceptors (Lipinski definition) is 3. The van der Waals surface area contributed by atoms with E-state index in [9.17, 15) is 4.79 Å². The Morgan fingerprint density at radius 2 is 1.58 bits per heavy atom. The van der Waals surface area contributed by atoms with Gasteiger partial charge in [-0.3, -0.25) is 4.79 Å². The predicted octanol–water partition coefficient (Wildman–Crippen LogP) is 6.68. The van der Waals surface area contributed by atoms with Crippen LogP contribution in [0.4, 0.5) is 0 Å². The van der Waals surface area contributed by atoms with E-state index in [-0.39, 0.29) is 5.78 Å². The van der Waals surface area contributed by atoms with Gasteiger partial charge in [0.2, 0.25) is 0 Å². The molecular weight excluding hydrogens is 400 g/mol. The van der Waals surface area contributed by atoms with Gasteiger partial charge in [0.15, 0.2) is 5.78 Å². The molecule has 5 aromatic rings. The monoisotopic (exact) mass is 422 g/mol. The summed E-state index contributed by atoms with van der Waals surface area (Å²) in [7, 11) is 2.03. The number of nitrogens with zero attached hydrogens (tertiary/aromatic N) is 2. The molecule has 152 valence electrons. The molecule has 0 aliphatic rings. The molecule has 2 aromatic heterocycles. The van der Waals surface area contributed by atoms with Crippen LogP contribution in [0.5, 0.6) is 0 Å². The van der Waals surface area contributed by atoms with Crippen molar-refractivity contribution in [3.05, 3.63) is 96.1 Å². The van der Waals surface area contributed by atoms with Crippen LogP contribution in [0.2, 0.25) is 0 Å². The van der Waals surface area contributed by atoms with E-state index in [0.29, 0.717) is 5.75 Å². The van der Waals surface area contributed by atoms with Crippen LogP contribution in [0.1, 0.15) is 15.9 Å². The van der Waals surface area contributed by atoms with Gasteiger partial charge in [0.25, 0.3) is 0 Å². The summed E-state index contributed by atoms with van der Waals surface area (Å²) in [4.78, 5) is 18.3. The summed E-state index contributed by atoms with van der Waals surface area (Å²) in [5.74, 6) is 0.465. The molecule has 0 fully saturated rings. The minimum absolute atomic E-state index is 0.119. The van der Waals surface area contributed by atoms with Crippen molar-refractivity contribution in [3.8, 4) is 11.3 Å². The third kappa shape index (κ3) is 3.53. The maximum Gasteiger partial charge on any atom is 0.175 e. The Bertz CT molecular complexity index is 1420. The van der Waals surface area contributed by atoms with Gasteiger partial charge in [0.05, 0.1) is 27.6 Å². The lowest BCUT2D eigenvalue weighted by Crippen LogP contribution is -2.05. The number of aryl methyl sites for hydroxylation is 2. The number of thioether (sulfide) groups is 1. The van der Waals surface area contributed by atoms with Gasteiger partial charge in [-0.05, 0) is 36.2 Å². The fourth-order valence-corrected chi connectivity index (χ4v) is 5.06. The quantitative estimate of drug-likeness (QED) is 0.234. The third-order valence-corrected chi connectivity index (χ3v) is 6.60. The summed E-state index contributed by atoms with van der Waals surface area (Å²) in [5.41, 5.74) is 6.01. The largest absolute Gasteiger partial charge is 0.343 e. The Balaban J connectivity index is 1.53. The molecule has 3 nitrogen and oxygen atoms in total. The lowest BCUT2D eigenvalue weighted by molar-refractivity contribution is 0.102. The summed E-state index contributed by atoms with van der Waals surface area (Å²) in [6.07, 6.45) is 0. The van der Waals surface area contributed by atoms with E-state index in [2.05, 4.69) is 41.8 Å². The van der Waals surface area contributed by atoms with Gasteiger partial charge in [-0.1, -0.05) is 78.5 Å². The first-order valence-corrected chi connectivity index (χ1v) is 11.3. The first-order chi connectivity index (χ1) is 15.1. The summed E-state index contributed by atoms with van der Waals surface area (Å²) in [6, 6.07) is 28.5. The highest BCUT2D eigenvalue weighted by Gasteiger charge is 2.22. The zero-order chi connectivity index (χ0) is 21.4. The SMILES string of the molecule is Cc1cc(SCC(=O)c2c(-c3ccccc3)n(C)c3ccccc23)nc2ccccc12. The van der Waals surface area contributed by atoms with Crippen molar-refractivity contribution in [2.24, 2.45) is 7.05 Å². The maximum atomic E-state index is 13.5. The van der Waals surface area contributed by atoms with Crippen LogP contribution in [0.15, 0.2) is 90.0 Å². The van der Waals surface area contributed by atoms with Crippen LogP contribution in [0.3, 0.4) is 0 Å². The van der Waals surface area contributed by atoms with Crippen molar-refractivity contribution in [1.29, 1.82) is 0 Å². The molecule has 0 saturated carbocycles. The number of Topliss-reactive ketones (excluding diaryl/α,β-unsaturated/α-hetero) is 1. The summed E-state index contributed by atoms with van der Waals surface area (Å²) < 4.78 is 2.13. The van der Waals surface area contributed by atoms with Crippen LogP contribution in [-0.2, 0) is 7.05 Å². The number of rotatable bonds is 5. The molecule has 0 aliphatic carbocycles. The molecule has 0 radical (unpaired) electrons. The smallest absolute Gasteiger partial charge is 0.175 e. The number of hydrogen-bond donors (Lipinski definition) is 0. The summed E-state index contributed by atoms with van der Waals surface area (Å²) in [6.45, 7) is 2.09. The van der Waals surface area contributed by atoms with Gasteiger partial charge >= 0.3 is 0 Å². The fraction of sp³-hybridized carbons (Fsp3) is 0.111. The topological polar surface area (TPSA) is 34.9 Å². The van der Waals surface area contributed by atoms with E-state index in [1.165, 1.54) is 17.3 Å². The molecule has 2 heterocycles. The molecule has 0 saturated heterocycles. The third-order valence-electron chi connectivity index (χ3n) is 5.68. The van der Waals surface area contributed by atoms with Crippen LogP contribution in [-0.4, -0.2) is 21.1 Å². The van der Waals surface area contributed by atoms with E-state index in [0.717, 1.165) is 43.7 Å². The Kier molecular flexibility index (Phi) is 5.08. The number of fused-ring (bicyclic) bond motifs is 2. The van der Waals surface area contributed by atoms with Crippen LogP contribution >= 0.6 is 11.8 Å². The molecule has 0 aliphatic heterocycles. The Morgan fingerprint density at radius 1 is 0.903 bits per heavy atom. The second-order valence-electron chi connectivity index (χ2n) is 7.67. The van der Waals surface area contributed by atoms with Crippen molar-refractivity contribution in [3.63, 3.8) is 0 Å². The normalized spacial score (nSPS) is 11.3. The Morgan fingerprint density at radius 3 is 2.39 bits per heavy atom. The molecule has 4 heteroatoms. The molecule has 3 aromatic carbocycles. The first kappa shape index (κ1) is 19.6. The van der Waals surface area contributed by atoms with Crippen molar-refractivity contribution in [2.75, 3.05) is 5.75 Å². The minimum Gasteiger partial charge on any atom is -0.343 e. The number of pyridine rings is 1. The van der Waals surface area contributed by atoms with Crippen molar-refractivity contribution >= 4 is 39.4 Å². The van der Waals surface area contributed by atoms with Crippen molar-refractivity contribution in [1.82, 2.24) is 9.55 Å². The molecule has 31 heavy (non-hydrogen) atoms. The lowest BCUT2D eigenvalue weighted by atomic mass is 10.0. The zero-order valence-electron chi connectivity index (χ0n) is 17.5. The first-order valence-electron chi connectivity index (χ1n) is 10.3. The molecule has 0 atom stereocenters. The van der Waals surface area contributed by atoms with Gasteiger partial charge in [-0.25, -0.2) is 4.98 Å². The van der Waals surface area contributed by atoms with Gasteiger partial charge in [0, 0.05) is 23.3 Å². The van der Waals surface area contributed by atoms with E-state index in [1.807, 2.05) is 61.6 Å². The zero-order valence-corrected chi connectivity index (χ0v) is 18.3. The standard InChI is InChI=1S/C27H22N2OS/c1-18-16-25(28-22-14-8-6-12-20(18)22)31-17-24(30)26-21-13-7-9-15-23(21)29(2)27(26)19-10-4-3-5-11-19/h3-16H,17H2,1-2H3. The average Bonchev–Trinajstić information content (AvgIpc) is 3.11. The fourth-order valence-electron chi connectivity index (χ4n) is 4.21. The Labute approximate surface area is 185 Å². The van der Waals surface area contributed by atoms with E-state index in [4.69, 9.17) is 4.98 Å². The number of para-hydroxylation sites is 2. The van der Waals surface area contributed by atoms with Crippen LogP contribution < -0.4 is 0 Å². The number of aromatic nitrogens is 2. The molecular formula is C27H22N2OS. The number of carbonyl (C=O) groups is 1. The number of ketones is 1. The van der Waals surface area contributed by atoms with Gasteiger partial charge in [-0.2, -0.15) is 0 Å². The van der Waals surface area contributed by atoms with Gasteiger partial charge in [0.1, 0.15) is 0 Å². The molecule has 0 unspecified atom stereocenters. The second kappa shape index (κ2) is 8.05. The van der Waals surface area contributed by atoms with Gasteiger partial charge in [-0.15, -0.1) is 0 Å². The number of carbonyl (C=O) groups excluding carboxylic acids is 1. The van der Waals surface area contributed by atoms with Gasteiger partial charge < -0.3 is 4.57 Å². The Hall–Kier alpha value is -3.37. The number of benzene rings is 3. The van der Waals surface area contributed by atoms with Crippen LogP contribution in [0.25, 0.3) is 33.1 Å². The minimum atomic E-state index is 0.119. The lowest BCUT2D eigenvalue weighted by Gasteiger charge is -2.09. The van der Waals surface area contributed by atoms with Crippen molar-refractivity contribution < 1.29 is 4.79 Å². The van der Waals surface area contributed by atoms with E-state index in [1.54, 1.807) is 0 Å². The highest BCUT2D eigenvalue weighted by atomic mass is 32.2. The predicted molar refractivity (Wildman–Crippen MR) is 130 cm³/mol. The maximum absolute atomic E-state index is 13.5. The summed E-state index contributed by atoms with van der Waals surface area (Å²) >= 11 is 1.50. The molecule has 0 bridgehead atoms. The molecule has 0 spiro atoms. The molecule has 0 amide bonds. The molecule has 0 N–H and O–H groups in total. The molecule has 5 rings (SSSR count). The van der Waals surface area contributed by atoms with Crippen LogP contribution in [0, 0.1) is 6.92 Å². The highest BCUT2D eigenvalue weighted by molar-refractivity contribution is 7.99. The highest BCUT2D eigenvalue weighted by Crippen LogP contribution is 2.34. The van der Waals surface area contributed by atoms with Crippen molar-refractivity contribution in [2.45, 2.75) is 11.9 Å². The van der Waals surface area contributed by atoms with E-state index < -0.39 is 0 Å².